The summed E-state index contributed by atoms with van der Waals surface area (Å²) >= 11 is 0. The van der Waals surface area contributed by atoms with E-state index in [-0.39, 0.29) is 18.3 Å². The van der Waals surface area contributed by atoms with Crippen LogP contribution in [0, 0.1) is 5.82 Å². The van der Waals surface area contributed by atoms with Crippen molar-refractivity contribution in [2.75, 3.05) is 50.7 Å². The van der Waals surface area contributed by atoms with E-state index in [9.17, 15) is 9.18 Å². The lowest BCUT2D eigenvalue weighted by Crippen LogP contribution is -2.52. The summed E-state index contributed by atoms with van der Waals surface area (Å²) in [5, 5.41) is 5.99. The van der Waals surface area contributed by atoms with Crippen LogP contribution in [0.3, 0.4) is 0 Å². The zero-order valence-electron chi connectivity index (χ0n) is 14.4. The minimum Gasteiger partial charge on any atom is -0.368 e. The number of halogens is 1. The first-order chi connectivity index (χ1) is 11.6. The lowest BCUT2D eigenvalue weighted by molar-refractivity contribution is -0.119. The molecule has 1 saturated heterocycles. The molecule has 2 N–H and O–H groups in total. The largest absolute Gasteiger partial charge is 0.368 e. The molecule has 0 radical (unpaired) electrons. The van der Waals surface area contributed by atoms with E-state index in [4.69, 9.17) is 0 Å². The first kappa shape index (κ1) is 18.0. The Morgan fingerprint density at radius 3 is 2.29 bits per heavy atom. The Kier molecular flexibility index (Phi) is 6.84. The van der Waals surface area contributed by atoms with Gasteiger partial charge in [0.25, 0.3) is 0 Å². The Morgan fingerprint density at radius 1 is 1.08 bits per heavy atom. The molecule has 1 aliphatic heterocycles. The molecule has 0 aromatic heterocycles. The molecule has 24 heavy (non-hydrogen) atoms. The Balaban J connectivity index is 1.93. The summed E-state index contributed by atoms with van der Waals surface area (Å²) in [5.41, 5.74) is 1.03. The molecule has 132 valence electrons. The van der Waals surface area contributed by atoms with Crippen LogP contribution in [0.2, 0.25) is 0 Å². The van der Waals surface area contributed by atoms with Gasteiger partial charge in [0.1, 0.15) is 12.4 Å². The average Bonchev–Trinajstić information content (AvgIpc) is 2.60. The fourth-order valence-corrected chi connectivity index (χ4v) is 2.65. The third-order valence-electron chi connectivity index (χ3n) is 3.85. The summed E-state index contributed by atoms with van der Waals surface area (Å²) in [6.45, 7) is 8.67. The van der Waals surface area contributed by atoms with Crippen LogP contribution >= 0.6 is 0 Å². The monoisotopic (exact) mass is 335 g/mol. The topological polar surface area (TPSA) is 60.0 Å². The molecule has 7 heteroatoms. The number of nitrogens with zero attached hydrogens (tertiary/aromatic N) is 3. The predicted molar refractivity (Wildman–Crippen MR) is 94.8 cm³/mol. The summed E-state index contributed by atoms with van der Waals surface area (Å²) in [5.74, 6) is 0.477. The molecule has 1 fully saturated rings. The standard InChI is InChI=1S/C17H26FN5O/c1-3-19-16(24)13-21-17(20-4-2)23-11-9-22(10-12-23)15-7-5-14(18)6-8-15/h5-8H,3-4,9-13H2,1-2H3,(H,19,24)(H,20,21). The van der Waals surface area contributed by atoms with Gasteiger partial charge in [-0.3, -0.25) is 4.79 Å². The van der Waals surface area contributed by atoms with Crippen LogP contribution in [0.25, 0.3) is 0 Å². The molecule has 0 saturated carbocycles. The zero-order valence-corrected chi connectivity index (χ0v) is 14.4. The lowest BCUT2D eigenvalue weighted by Gasteiger charge is -2.37. The predicted octanol–water partition coefficient (Wildman–Crippen LogP) is 1.05. The number of benzene rings is 1. The number of anilines is 1. The SMILES string of the molecule is CCNC(=O)CN=C(NCC)N1CCN(c2ccc(F)cc2)CC1. The molecule has 0 atom stereocenters. The molecule has 1 heterocycles. The lowest BCUT2D eigenvalue weighted by atomic mass is 10.2. The van der Waals surface area contributed by atoms with E-state index in [0.717, 1.165) is 44.4 Å². The van der Waals surface area contributed by atoms with E-state index >= 15 is 0 Å². The normalized spacial score (nSPS) is 15.4. The average molecular weight is 335 g/mol. The maximum absolute atomic E-state index is 13.0. The number of carbonyl (C=O) groups is 1. The summed E-state index contributed by atoms with van der Waals surface area (Å²) < 4.78 is 13.0. The van der Waals surface area contributed by atoms with E-state index < -0.39 is 0 Å². The van der Waals surface area contributed by atoms with Crippen LogP contribution in [0.4, 0.5) is 10.1 Å². The Labute approximate surface area is 142 Å². The van der Waals surface area contributed by atoms with Gasteiger partial charge in [-0.15, -0.1) is 0 Å². The van der Waals surface area contributed by atoms with Gasteiger partial charge in [0.05, 0.1) is 0 Å². The first-order valence-corrected chi connectivity index (χ1v) is 8.44. The van der Waals surface area contributed by atoms with E-state index in [2.05, 4.69) is 25.4 Å². The Bertz CT molecular complexity index is 553. The van der Waals surface area contributed by atoms with Gasteiger partial charge in [-0.25, -0.2) is 9.38 Å². The summed E-state index contributed by atoms with van der Waals surface area (Å²) in [6, 6.07) is 6.58. The highest BCUT2D eigenvalue weighted by Crippen LogP contribution is 2.16. The molecular formula is C17H26FN5O. The van der Waals surface area contributed by atoms with Crippen LogP contribution in [-0.4, -0.2) is 62.6 Å². The molecule has 0 aliphatic carbocycles. The number of aliphatic imine (C=N–C) groups is 1. The first-order valence-electron chi connectivity index (χ1n) is 8.44. The van der Waals surface area contributed by atoms with Crippen LogP contribution < -0.4 is 15.5 Å². The highest BCUT2D eigenvalue weighted by Gasteiger charge is 2.20. The van der Waals surface area contributed by atoms with E-state index in [1.165, 1.54) is 12.1 Å². The van der Waals surface area contributed by atoms with Gasteiger partial charge in [-0.2, -0.15) is 0 Å². The van der Waals surface area contributed by atoms with Gasteiger partial charge in [-0.1, -0.05) is 0 Å². The number of rotatable bonds is 5. The van der Waals surface area contributed by atoms with E-state index in [1.807, 2.05) is 13.8 Å². The number of amides is 1. The summed E-state index contributed by atoms with van der Waals surface area (Å²) in [6.07, 6.45) is 0. The molecule has 1 aliphatic rings. The second-order valence-electron chi connectivity index (χ2n) is 5.57. The molecule has 2 rings (SSSR count). The van der Waals surface area contributed by atoms with Gasteiger partial charge in [-0.05, 0) is 38.1 Å². The van der Waals surface area contributed by atoms with Gasteiger partial charge in [0.15, 0.2) is 5.96 Å². The second kappa shape index (κ2) is 9.10. The molecule has 0 spiro atoms. The zero-order chi connectivity index (χ0) is 17.4. The number of carbonyl (C=O) groups excluding carboxylic acids is 1. The molecule has 1 aromatic carbocycles. The van der Waals surface area contributed by atoms with Gasteiger partial charge < -0.3 is 20.4 Å². The van der Waals surface area contributed by atoms with Crippen molar-refractivity contribution in [2.45, 2.75) is 13.8 Å². The van der Waals surface area contributed by atoms with Crippen molar-refractivity contribution in [3.8, 4) is 0 Å². The fourth-order valence-electron chi connectivity index (χ4n) is 2.65. The molecule has 0 unspecified atom stereocenters. The van der Waals surface area contributed by atoms with Crippen molar-refractivity contribution in [1.29, 1.82) is 0 Å². The minimum absolute atomic E-state index is 0.0714. The molecule has 0 bridgehead atoms. The number of nitrogens with one attached hydrogen (secondary N) is 2. The van der Waals surface area contributed by atoms with Crippen molar-refractivity contribution in [2.24, 2.45) is 4.99 Å². The number of hydrogen-bond acceptors (Lipinski definition) is 3. The minimum atomic E-state index is -0.218. The number of guanidine groups is 1. The summed E-state index contributed by atoms with van der Waals surface area (Å²) in [4.78, 5) is 20.4. The molecule has 1 amide bonds. The van der Waals surface area contributed by atoms with Gasteiger partial charge in [0.2, 0.25) is 5.91 Å². The molecule has 1 aromatic rings. The highest BCUT2D eigenvalue weighted by atomic mass is 19.1. The van der Waals surface area contributed by atoms with Crippen LogP contribution in [0.15, 0.2) is 29.3 Å². The fraction of sp³-hybridized carbons (Fsp3) is 0.529. The van der Waals surface area contributed by atoms with Crippen LogP contribution in [-0.2, 0) is 4.79 Å². The van der Waals surface area contributed by atoms with Crippen molar-refractivity contribution >= 4 is 17.6 Å². The van der Waals surface area contributed by atoms with Crippen molar-refractivity contribution < 1.29 is 9.18 Å². The van der Waals surface area contributed by atoms with Gasteiger partial charge >= 0.3 is 0 Å². The maximum atomic E-state index is 13.0. The Hall–Kier alpha value is -2.31. The van der Waals surface area contributed by atoms with Gasteiger partial charge in [0, 0.05) is 45.0 Å². The third kappa shape index (κ3) is 5.11. The summed E-state index contributed by atoms with van der Waals surface area (Å²) in [7, 11) is 0. The molecular weight excluding hydrogens is 309 g/mol. The van der Waals surface area contributed by atoms with E-state index in [0.29, 0.717) is 6.54 Å². The second-order valence-corrected chi connectivity index (χ2v) is 5.57. The quantitative estimate of drug-likeness (QED) is 0.624. The number of piperazine rings is 1. The number of hydrogen-bond donors (Lipinski definition) is 2. The Morgan fingerprint density at radius 2 is 1.71 bits per heavy atom. The van der Waals surface area contributed by atoms with Crippen molar-refractivity contribution in [3.05, 3.63) is 30.1 Å². The van der Waals surface area contributed by atoms with Crippen molar-refractivity contribution in [3.63, 3.8) is 0 Å². The van der Waals surface area contributed by atoms with Crippen molar-refractivity contribution in [1.82, 2.24) is 15.5 Å². The smallest absolute Gasteiger partial charge is 0.241 e. The van der Waals surface area contributed by atoms with E-state index in [1.54, 1.807) is 12.1 Å². The maximum Gasteiger partial charge on any atom is 0.241 e. The number of likely N-dealkylation sites (N-methyl/N-ethyl adjacent to an activating group) is 1. The van der Waals surface area contributed by atoms with Crippen LogP contribution in [0.5, 0.6) is 0 Å². The van der Waals surface area contributed by atoms with Crippen LogP contribution in [0.1, 0.15) is 13.8 Å². The highest BCUT2D eigenvalue weighted by molar-refractivity contribution is 5.85. The third-order valence-corrected chi connectivity index (χ3v) is 3.85. The molecule has 6 nitrogen and oxygen atoms in total.